The molecule has 0 aliphatic carbocycles. The SMILES string of the molecule is CN(Cc1ccc(F)cc1)C(=O)c1cc(Cl)c[nH]1. The van der Waals surface area contributed by atoms with Gasteiger partial charge < -0.3 is 9.88 Å². The van der Waals surface area contributed by atoms with Gasteiger partial charge >= 0.3 is 0 Å². The van der Waals surface area contributed by atoms with E-state index < -0.39 is 0 Å². The number of nitrogens with one attached hydrogen (secondary N) is 1. The number of amides is 1. The lowest BCUT2D eigenvalue weighted by molar-refractivity contribution is 0.0780. The molecule has 1 amide bonds. The Bertz CT molecular complexity index is 550. The second-order valence-corrected chi connectivity index (χ2v) is 4.46. The van der Waals surface area contributed by atoms with Gasteiger partial charge in [0.05, 0.1) is 5.02 Å². The molecule has 0 fully saturated rings. The van der Waals surface area contributed by atoms with Crippen molar-refractivity contribution >= 4 is 17.5 Å². The van der Waals surface area contributed by atoms with Crippen molar-refractivity contribution in [3.05, 3.63) is 58.6 Å². The highest BCUT2D eigenvalue weighted by atomic mass is 35.5. The van der Waals surface area contributed by atoms with Crippen molar-refractivity contribution in [3.63, 3.8) is 0 Å². The molecule has 1 aromatic heterocycles. The van der Waals surface area contributed by atoms with E-state index in [0.717, 1.165) is 5.56 Å². The summed E-state index contributed by atoms with van der Waals surface area (Å²) in [6.07, 6.45) is 1.56. The van der Waals surface area contributed by atoms with Crippen LogP contribution in [0.1, 0.15) is 16.1 Å². The molecule has 0 saturated carbocycles. The van der Waals surface area contributed by atoms with Crippen molar-refractivity contribution < 1.29 is 9.18 Å². The Hall–Kier alpha value is -1.81. The minimum atomic E-state index is -0.288. The predicted octanol–water partition coefficient (Wildman–Crippen LogP) is 3.08. The summed E-state index contributed by atoms with van der Waals surface area (Å²) in [7, 11) is 1.68. The fraction of sp³-hybridized carbons (Fsp3) is 0.154. The molecular formula is C13H12ClFN2O. The molecule has 1 heterocycles. The normalized spacial score (nSPS) is 10.4. The molecule has 0 bridgehead atoms. The van der Waals surface area contributed by atoms with Gasteiger partial charge in [0.15, 0.2) is 0 Å². The van der Waals surface area contributed by atoms with Gasteiger partial charge in [0, 0.05) is 19.8 Å². The van der Waals surface area contributed by atoms with E-state index >= 15 is 0 Å². The predicted molar refractivity (Wildman–Crippen MR) is 68.0 cm³/mol. The number of nitrogens with zero attached hydrogens (tertiary/aromatic N) is 1. The fourth-order valence-electron chi connectivity index (χ4n) is 1.63. The molecule has 0 saturated heterocycles. The molecule has 0 aliphatic rings. The standard InChI is InChI=1S/C13H12ClFN2O/c1-17(8-9-2-4-11(15)5-3-9)13(18)12-6-10(14)7-16-12/h2-7,16H,8H2,1H3. The van der Waals surface area contributed by atoms with Gasteiger partial charge in [0.1, 0.15) is 11.5 Å². The molecule has 0 aliphatic heterocycles. The zero-order chi connectivity index (χ0) is 13.1. The van der Waals surface area contributed by atoms with Gasteiger partial charge in [-0.05, 0) is 23.8 Å². The summed E-state index contributed by atoms with van der Waals surface area (Å²) in [5, 5.41) is 0.494. The minimum Gasteiger partial charge on any atom is -0.356 e. The van der Waals surface area contributed by atoms with Crippen LogP contribution in [-0.2, 0) is 6.54 Å². The third-order valence-corrected chi connectivity index (χ3v) is 2.78. The van der Waals surface area contributed by atoms with Gasteiger partial charge in [0.25, 0.3) is 5.91 Å². The Morgan fingerprint density at radius 3 is 2.61 bits per heavy atom. The Morgan fingerprint density at radius 1 is 1.39 bits per heavy atom. The van der Waals surface area contributed by atoms with Crippen molar-refractivity contribution in [1.82, 2.24) is 9.88 Å². The van der Waals surface area contributed by atoms with Gasteiger partial charge in [0.2, 0.25) is 0 Å². The zero-order valence-corrected chi connectivity index (χ0v) is 10.5. The monoisotopic (exact) mass is 266 g/mol. The van der Waals surface area contributed by atoms with Gasteiger partial charge in [-0.3, -0.25) is 4.79 Å². The van der Waals surface area contributed by atoms with Crippen LogP contribution >= 0.6 is 11.6 Å². The average molecular weight is 267 g/mol. The van der Waals surface area contributed by atoms with Crippen LogP contribution in [0, 0.1) is 5.82 Å². The molecule has 1 aromatic carbocycles. The van der Waals surface area contributed by atoms with E-state index in [1.54, 1.807) is 31.4 Å². The van der Waals surface area contributed by atoms with Crippen LogP contribution in [0.2, 0.25) is 5.02 Å². The molecular weight excluding hydrogens is 255 g/mol. The first-order chi connectivity index (χ1) is 8.56. The lowest BCUT2D eigenvalue weighted by Gasteiger charge is -2.16. The first kappa shape index (κ1) is 12.6. The summed E-state index contributed by atoms with van der Waals surface area (Å²) < 4.78 is 12.8. The molecule has 18 heavy (non-hydrogen) atoms. The topological polar surface area (TPSA) is 36.1 Å². The first-order valence-electron chi connectivity index (χ1n) is 5.40. The van der Waals surface area contributed by atoms with E-state index in [1.165, 1.54) is 17.0 Å². The van der Waals surface area contributed by atoms with Crippen LogP contribution in [0.15, 0.2) is 36.5 Å². The number of benzene rings is 1. The summed E-state index contributed by atoms with van der Waals surface area (Å²) in [6, 6.07) is 7.63. The molecule has 0 spiro atoms. The Labute approximate surface area is 109 Å². The zero-order valence-electron chi connectivity index (χ0n) is 9.78. The van der Waals surface area contributed by atoms with Crippen molar-refractivity contribution in [2.24, 2.45) is 0 Å². The molecule has 3 nitrogen and oxygen atoms in total. The molecule has 0 unspecified atom stereocenters. The number of aromatic nitrogens is 1. The Kier molecular flexibility index (Phi) is 3.67. The lowest BCUT2D eigenvalue weighted by atomic mass is 10.2. The maximum absolute atomic E-state index is 12.8. The van der Waals surface area contributed by atoms with Crippen LogP contribution < -0.4 is 0 Å². The van der Waals surface area contributed by atoms with Crippen LogP contribution in [0.4, 0.5) is 4.39 Å². The summed E-state index contributed by atoms with van der Waals surface area (Å²) in [5.41, 5.74) is 1.30. The van der Waals surface area contributed by atoms with Crippen LogP contribution in [-0.4, -0.2) is 22.8 Å². The van der Waals surface area contributed by atoms with E-state index in [9.17, 15) is 9.18 Å². The van der Waals surface area contributed by atoms with Crippen LogP contribution in [0.3, 0.4) is 0 Å². The van der Waals surface area contributed by atoms with E-state index in [-0.39, 0.29) is 11.7 Å². The van der Waals surface area contributed by atoms with Crippen molar-refractivity contribution in [2.45, 2.75) is 6.54 Å². The maximum Gasteiger partial charge on any atom is 0.270 e. The average Bonchev–Trinajstić information content (AvgIpc) is 2.78. The van der Waals surface area contributed by atoms with Crippen molar-refractivity contribution in [3.8, 4) is 0 Å². The van der Waals surface area contributed by atoms with Gasteiger partial charge in [-0.15, -0.1) is 0 Å². The highest BCUT2D eigenvalue weighted by molar-refractivity contribution is 6.30. The number of H-pyrrole nitrogens is 1. The number of halogens is 2. The van der Waals surface area contributed by atoms with Crippen molar-refractivity contribution in [1.29, 1.82) is 0 Å². The number of aromatic amines is 1. The van der Waals surface area contributed by atoms with E-state index in [1.807, 2.05) is 0 Å². The smallest absolute Gasteiger partial charge is 0.270 e. The lowest BCUT2D eigenvalue weighted by Crippen LogP contribution is -2.26. The van der Waals surface area contributed by atoms with Crippen molar-refractivity contribution in [2.75, 3.05) is 7.05 Å². The molecule has 5 heteroatoms. The number of carbonyl (C=O) groups excluding carboxylic acids is 1. The minimum absolute atomic E-state index is 0.161. The van der Waals surface area contributed by atoms with E-state index in [4.69, 9.17) is 11.6 Å². The van der Waals surface area contributed by atoms with Gasteiger partial charge in [-0.25, -0.2) is 4.39 Å². The number of hydrogen-bond donors (Lipinski definition) is 1. The number of carbonyl (C=O) groups is 1. The van der Waals surface area contributed by atoms with Gasteiger partial charge in [-0.1, -0.05) is 23.7 Å². The first-order valence-corrected chi connectivity index (χ1v) is 5.78. The molecule has 94 valence electrons. The number of hydrogen-bond acceptors (Lipinski definition) is 1. The largest absolute Gasteiger partial charge is 0.356 e. The summed E-state index contributed by atoms with van der Waals surface area (Å²) in [6.45, 7) is 0.412. The Balaban J connectivity index is 2.05. The summed E-state index contributed by atoms with van der Waals surface area (Å²) in [4.78, 5) is 16.3. The van der Waals surface area contributed by atoms with Gasteiger partial charge in [-0.2, -0.15) is 0 Å². The van der Waals surface area contributed by atoms with Crippen LogP contribution in [0.25, 0.3) is 0 Å². The molecule has 0 radical (unpaired) electrons. The highest BCUT2D eigenvalue weighted by Crippen LogP contribution is 2.13. The number of rotatable bonds is 3. The second-order valence-electron chi connectivity index (χ2n) is 4.02. The molecule has 2 aromatic rings. The Morgan fingerprint density at radius 2 is 2.06 bits per heavy atom. The highest BCUT2D eigenvalue weighted by Gasteiger charge is 2.13. The molecule has 1 N–H and O–H groups in total. The van der Waals surface area contributed by atoms with Crippen LogP contribution in [0.5, 0.6) is 0 Å². The van der Waals surface area contributed by atoms with E-state index in [2.05, 4.69) is 4.98 Å². The summed E-state index contributed by atoms with van der Waals surface area (Å²) >= 11 is 5.74. The van der Waals surface area contributed by atoms with E-state index in [0.29, 0.717) is 17.3 Å². The quantitative estimate of drug-likeness (QED) is 0.911. The molecule has 2 rings (SSSR count). The maximum atomic E-state index is 12.8. The third-order valence-electron chi connectivity index (χ3n) is 2.56. The molecule has 0 atom stereocenters. The fourth-order valence-corrected chi connectivity index (χ4v) is 1.80. The third kappa shape index (κ3) is 2.90. The second kappa shape index (κ2) is 5.23. The summed E-state index contributed by atoms with van der Waals surface area (Å²) in [5.74, 6) is -0.449.